The molecular weight excluding hydrogens is 209 g/mol. The van der Waals surface area contributed by atoms with Gasteiger partial charge in [0.15, 0.2) is 0 Å². The van der Waals surface area contributed by atoms with E-state index in [0.29, 0.717) is 12.6 Å². The zero-order chi connectivity index (χ0) is 11.5. The fourth-order valence-corrected chi connectivity index (χ4v) is 1.72. The van der Waals surface area contributed by atoms with E-state index in [-0.39, 0.29) is 5.56 Å². The number of hydrogen-bond acceptors (Lipinski definition) is 2. The molecule has 1 fully saturated rings. The highest BCUT2D eigenvalue weighted by Crippen LogP contribution is 2.19. The van der Waals surface area contributed by atoms with E-state index in [1.807, 2.05) is 0 Å². The zero-order valence-electron chi connectivity index (χ0n) is 8.87. The van der Waals surface area contributed by atoms with Crippen LogP contribution in [0.5, 0.6) is 0 Å². The number of rotatable bonds is 4. The van der Waals surface area contributed by atoms with Crippen molar-refractivity contribution < 1.29 is 14.3 Å². The van der Waals surface area contributed by atoms with Gasteiger partial charge in [-0.2, -0.15) is 0 Å². The number of carboxylic acids is 1. The summed E-state index contributed by atoms with van der Waals surface area (Å²) in [7, 11) is 0. The van der Waals surface area contributed by atoms with E-state index in [1.165, 1.54) is 31.4 Å². The predicted molar refractivity (Wildman–Crippen MR) is 57.8 cm³/mol. The monoisotopic (exact) mass is 223 g/mol. The van der Waals surface area contributed by atoms with Crippen LogP contribution in [0.15, 0.2) is 18.2 Å². The minimum absolute atomic E-state index is 0.271. The quantitative estimate of drug-likeness (QED) is 0.822. The van der Waals surface area contributed by atoms with E-state index >= 15 is 0 Å². The number of carbonyl (C=O) groups is 1. The van der Waals surface area contributed by atoms with Crippen LogP contribution in [-0.2, 0) is 6.54 Å². The molecule has 1 saturated carbocycles. The largest absolute Gasteiger partial charge is 0.478 e. The Morgan fingerprint density at radius 3 is 2.75 bits per heavy atom. The van der Waals surface area contributed by atoms with Crippen LogP contribution >= 0.6 is 0 Å². The third-order valence-electron chi connectivity index (χ3n) is 2.96. The molecule has 1 aliphatic carbocycles. The van der Waals surface area contributed by atoms with Gasteiger partial charge in [-0.3, -0.25) is 0 Å². The molecule has 0 radical (unpaired) electrons. The van der Waals surface area contributed by atoms with Crippen molar-refractivity contribution in [3.8, 4) is 0 Å². The third-order valence-corrected chi connectivity index (χ3v) is 2.96. The first-order valence-corrected chi connectivity index (χ1v) is 5.42. The Balaban J connectivity index is 1.99. The van der Waals surface area contributed by atoms with Gasteiger partial charge in [0.1, 0.15) is 5.82 Å². The first-order valence-electron chi connectivity index (χ1n) is 5.42. The molecular formula is C12H14FNO2. The van der Waals surface area contributed by atoms with E-state index < -0.39 is 11.8 Å². The second-order valence-electron chi connectivity index (χ2n) is 4.13. The maximum Gasteiger partial charge on any atom is 0.338 e. The Kier molecular flexibility index (Phi) is 3.19. The molecule has 2 N–H and O–H groups in total. The summed E-state index contributed by atoms with van der Waals surface area (Å²) >= 11 is 0. The zero-order valence-corrected chi connectivity index (χ0v) is 8.87. The lowest BCUT2D eigenvalue weighted by atomic mass is 9.93. The van der Waals surface area contributed by atoms with E-state index in [1.54, 1.807) is 6.07 Å². The first-order chi connectivity index (χ1) is 7.66. The maximum atomic E-state index is 13.3. The second kappa shape index (κ2) is 4.61. The molecule has 0 amide bonds. The Morgan fingerprint density at radius 2 is 2.25 bits per heavy atom. The smallest absolute Gasteiger partial charge is 0.338 e. The normalized spacial score (nSPS) is 15.8. The minimum atomic E-state index is -1.23. The van der Waals surface area contributed by atoms with Crippen LogP contribution < -0.4 is 5.32 Å². The molecule has 0 bridgehead atoms. The van der Waals surface area contributed by atoms with E-state index in [4.69, 9.17) is 5.11 Å². The molecule has 86 valence electrons. The summed E-state index contributed by atoms with van der Waals surface area (Å²) in [5, 5.41) is 12.0. The van der Waals surface area contributed by atoms with Crippen LogP contribution in [0, 0.1) is 5.82 Å². The standard InChI is InChI=1S/C12H14FNO2/c13-11-6-8(4-5-10(11)12(15)16)7-14-9-2-1-3-9/h4-6,9,14H,1-3,7H2,(H,15,16). The number of carboxylic acid groups (broad SMARTS) is 1. The highest BCUT2D eigenvalue weighted by molar-refractivity contribution is 5.87. The lowest BCUT2D eigenvalue weighted by Crippen LogP contribution is -2.34. The minimum Gasteiger partial charge on any atom is -0.478 e. The molecule has 0 aliphatic heterocycles. The molecule has 0 atom stereocenters. The summed E-state index contributed by atoms with van der Waals surface area (Å²) in [6.07, 6.45) is 3.61. The van der Waals surface area contributed by atoms with Gasteiger partial charge in [-0.05, 0) is 30.5 Å². The fourth-order valence-electron chi connectivity index (χ4n) is 1.72. The summed E-state index contributed by atoms with van der Waals surface area (Å²) < 4.78 is 13.3. The summed E-state index contributed by atoms with van der Waals surface area (Å²) in [5.74, 6) is -1.89. The van der Waals surface area contributed by atoms with Crippen LogP contribution in [-0.4, -0.2) is 17.1 Å². The summed E-state index contributed by atoms with van der Waals surface area (Å²) in [4.78, 5) is 10.6. The van der Waals surface area contributed by atoms with Crippen molar-refractivity contribution >= 4 is 5.97 Å². The molecule has 0 spiro atoms. The molecule has 0 saturated heterocycles. The van der Waals surface area contributed by atoms with Gasteiger partial charge in [0.2, 0.25) is 0 Å². The van der Waals surface area contributed by atoms with Gasteiger partial charge >= 0.3 is 5.97 Å². The number of nitrogens with one attached hydrogen (secondary N) is 1. The Morgan fingerprint density at radius 1 is 1.50 bits per heavy atom. The SMILES string of the molecule is O=C(O)c1ccc(CNC2CCC2)cc1F. The average molecular weight is 223 g/mol. The number of benzene rings is 1. The number of halogens is 1. The van der Waals surface area contributed by atoms with Gasteiger partial charge in [0.05, 0.1) is 5.56 Å². The Bertz CT molecular complexity index is 402. The molecule has 1 aromatic rings. The van der Waals surface area contributed by atoms with Gasteiger partial charge in [-0.25, -0.2) is 9.18 Å². The van der Waals surface area contributed by atoms with Crippen LogP contribution in [0.2, 0.25) is 0 Å². The molecule has 3 nitrogen and oxygen atoms in total. The van der Waals surface area contributed by atoms with Crippen molar-refractivity contribution in [2.75, 3.05) is 0 Å². The number of hydrogen-bond donors (Lipinski definition) is 2. The van der Waals surface area contributed by atoms with Crippen LogP contribution in [0.3, 0.4) is 0 Å². The van der Waals surface area contributed by atoms with Gasteiger partial charge in [-0.15, -0.1) is 0 Å². The average Bonchev–Trinajstić information content (AvgIpc) is 2.14. The molecule has 0 aromatic heterocycles. The summed E-state index contributed by atoms with van der Waals surface area (Å²) in [5.41, 5.74) is 0.516. The van der Waals surface area contributed by atoms with Gasteiger partial charge in [0, 0.05) is 12.6 Å². The van der Waals surface area contributed by atoms with Crippen molar-refractivity contribution in [2.45, 2.75) is 31.8 Å². The van der Waals surface area contributed by atoms with Gasteiger partial charge in [-0.1, -0.05) is 12.5 Å². The van der Waals surface area contributed by atoms with Crippen LogP contribution in [0.25, 0.3) is 0 Å². The fraction of sp³-hybridized carbons (Fsp3) is 0.417. The first kappa shape index (κ1) is 11.1. The van der Waals surface area contributed by atoms with Crippen LogP contribution in [0.1, 0.15) is 35.2 Å². The van der Waals surface area contributed by atoms with Crippen molar-refractivity contribution in [3.05, 3.63) is 35.1 Å². The summed E-state index contributed by atoms with van der Waals surface area (Å²) in [6, 6.07) is 4.80. The van der Waals surface area contributed by atoms with Crippen LogP contribution in [0.4, 0.5) is 4.39 Å². The lowest BCUT2D eigenvalue weighted by Gasteiger charge is -2.26. The van der Waals surface area contributed by atoms with E-state index in [9.17, 15) is 9.18 Å². The molecule has 1 aromatic carbocycles. The van der Waals surface area contributed by atoms with Crippen molar-refractivity contribution in [1.82, 2.24) is 5.32 Å². The third kappa shape index (κ3) is 2.39. The lowest BCUT2D eigenvalue weighted by molar-refractivity contribution is 0.0692. The van der Waals surface area contributed by atoms with Crippen molar-refractivity contribution in [2.24, 2.45) is 0 Å². The van der Waals surface area contributed by atoms with Crippen molar-refractivity contribution in [3.63, 3.8) is 0 Å². The Labute approximate surface area is 93.3 Å². The topological polar surface area (TPSA) is 49.3 Å². The second-order valence-corrected chi connectivity index (χ2v) is 4.13. The van der Waals surface area contributed by atoms with Gasteiger partial charge < -0.3 is 10.4 Å². The number of aromatic carboxylic acids is 1. The molecule has 1 aliphatic rings. The highest BCUT2D eigenvalue weighted by atomic mass is 19.1. The Hall–Kier alpha value is -1.42. The molecule has 4 heteroatoms. The summed E-state index contributed by atoms with van der Waals surface area (Å²) in [6.45, 7) is 0.599. The molecule has 16 heavy (non-hydrogen) atoms. The maximum absolute atomic E-state index is 13.3. The van der Waals surface area contributed by atoms with Gasteiger partial charge in [0.25, 0.3) is 0 Å². The molecule has 0 unspecified atom stereocenters. The highest BCUT2D eigenvalue weighted by Gasteiger charge is 2.16. The van der Waals surface area contributed by atoms with Crippen molar-refractivity contribution in [1.29, 1.82) is 0 Å². The molecule has 2 rings (SSSR count). The van der Waals surface area contributed by atoms with E-state index in [0.717, 1.165) is 5.56 Å². The predicted octanol–water partition coefficient (Wildman–Crippen LogP) is 2.17. The molecule has 0 heterocycles. The van der Waals surface area contributed by atoms with E-state index in [2.05, 4.69) is 5.32 Å².